The van der Waals surface area contributed by atoms with Crippen molar-refractivity contribution >= 4 is 23.1 Å². The summed E-state index contributed by atoms with van der Waals surface area (Å²) in [5, 5.41) is 0.669. The number of nitrogens with two attached hydrogens (primary N) is 1. The molecule has 148 valence electrons. The van der Waals surface area contributed by atoms with Gasteiger partial charge in [-0.25, -0.2) is 4.98 Å². The Bertz CT molecular complexity index is 1190. The van der Waals surface area contributed by atoms with Crippen LogP contribution in [0.3, 0.4) is 0 Å². The van der Waals surface area contributed by atoms with Crippen LogP contribution in [0.15, 0.2) is 65.6 Å². The molecule has 0 saturated heterocycles. The van der Waals surface area contributed by atoms with Crippen molar-refractivity contribution in [1.82, 2.24) is 14.0 Å². The average Bonchev–Trinajstić information content (AvgIpc) is 3.17. The van der Waals surface area contributed by atoms with E-state index in [1.807, 2.05) is 48.5 Å². The molecule has 2 aromatic heterocycles. The summed E-state index contributed by atoms with van der Waals surface area (Å²) in [6.07, 6.45) is 5.05. The second-order valence-corrected chi connectivity index (χ2v) is 7.59. The van der Waals surface area contributed by atoms with E-state index < -0.39 is 0 Å². The highest BCUT2D eigenvalue weighted by Gasteiger charge is 2.15. The lowest BCUT2D eigenvalue weighted by Gasteiger charge is -2.15. The minimum absolute atomic E-state index is 0.105. The molecule has 5 nitrogen and oxygen atoms in total. The van der Waals surface area contributed by atoms with E-state index in [9.17, 15) is 4.79 Å². The summed E-state index contributed by atoms with van der Waals surface area (Å²) >= 11 is 6.01. The SMILES string of the molecule is CCCCCn1c(-c2ccc(N)cc2)cc(=O)n2cc(-c3ccc(Cl)cc3)nc12. The van der Waals surface area contributed by atoms with Crippen LogP contribution in [-0.2, 0) is 6.54 Å². The van der Waals surface area contributed by atoms with Crippen LogP contribution in [0.1, 0.15) is 26.2 Å². The molecule has 2 heterocycles. The van der Waals surface area contributed by atoms with Crippen molar-refractivity contribution in [3.8, 4) is 22.5 Å². The first-order chi connectivity index (χ1) is 14.1. The molecule has 0 radical (unpaired) electrons. The van der Waals surface area contributed by atoms with Gasteiger partial charge in [-0.3, -0.25) is 9.20 Å². The van der Waals surface area contributed by atoms with Crippen LogP contribution in [0, 0.1) is 0 Å². The number of aryl methyl sites for hydroxylation is 1. The Kier molecular flexibility index (Phi) is 5.41. The summed E-state index contributed by atoms with van der Waals surface area (Å²) in [6, 6.07) is 16.8. The molecule has 29 heavy (non-hydrogen) atoms. The number of imidazole rings is 1. The fourth-order valence-electron chi connectivity index (χ4n) is 3.49. The van der Waals surface area contributed by atoms with Gasteiger partial charge in [-0.2, -0.15) is 0 Å². The molecular formula is C23H23ClN4O. The van der Waals surface area contributed by atoms with Crippen LogP contribution in [0.4, 0.5) is 5.69 Å². The Morgan fingerprint density at radius 2 is 1.69 bits per heavy atom. The number of rotatable bonds is 6. The summed E-state index contributed by atoms with van der Waals surface area (Å²) in [5.41, 5.74) is 9.91. The van der Waals surface area contributed by atoms with E-state index in [4.69, 9.17) is 22.3 Å². The van der Waals surface area contributed by atoms with Crippen molar-refractivity contribution in [2.24, 2.45) is 0 Å². The highest BCUT2D eigenvalue weighted by Crippen LogP contribution is 2.25. The van der Waals surface area contributed by atoms with Crippen LogP contribution in [0.25, 0.3) is 28.3 Å². The molecule has 0 amide bonds. The smallest absolute Gasteiger partial charge is 0.259 e. The lowest BCUT2D eigenvalue weighted by atomic mass is 10.1. The molecule has 6 heteroatoms. The maximum absolute atomic E-state index is 12.9. The zero-order chi connectivity index (χ0) is 20.4. The maximum atomic E-state index is 12.9. The molecule has 2 aromatic carbocycles. The Morgan fingerprint density at radius 1 is 1.00 bits per heavy atom. The van der Waals surface area contributed by atoms with Crippen molar-refractivity contribution in [1.29, 1.82) is 0 Å². The fourth-order valence-corrected chi connectivity index (χ4v) is 3.61. The van der Waals surface area contributed by atoms with Crippen molar-refractivity contribution in [2.45, 2.75) is 32.7 Å². The van der Waals surface area contributed by atoms with Crippen molar-refractivity contribution in [3.63, 3.8) is 0 Å². The molecule has 0 aliphatic rings. The first-order valence-corrected chi connectivity index (χ1v) is 10.2. The predicted octanol–water partition coefficient (Wildman–Crippen LogP) is 5.26. The Hall–Kier alpha value is -3.05. The molecule has 4 aromatic rings. The number of nitrogens with zero attached hydrogens (tertiary/aromatic N) is 3. The van der Waals surface area contributed by atoms with Gasteiger partial charge in [0.2, 0.25) is 5.78 Å². The van der Waals surface area contributed by atoms with Gasteiger partial charge in [-0.15, -0.1) is 0 Å². The van der Waals surface area contributed by atoms with E-state index in [2.05, 4.69) is 11.5 Å². The van der Waals surface area contributed by atoms with Crippen molar-refractivity contribution in [2.75, 3.05) is 5.73 Å². The minimum Gasteiger partial charge on any atom is -0.399 e. The van der Waals surface area contributed by atoms with Crippen LogP contribution in [0.2, 0.25) is 5.02 Å². The topological polar surface area (TPSA) is 65.3 Å². The number of aromatic nitrogens is 3. The van der Waals surface area contributed by atoms with E-state index in [0.717, 1.165) is 48.3 Å². The molecule has 0 aliphatic heterocycles. The highest BCUT2D eigenvalue weighted by molar-refractivity contribution is 6.30. The highest BCUT2D eigenvalue weighted by atomic mass is 35.5. The number of fused-ring (bicyclic) bond motifs is 1. The summed E-state index contributed by atoms with van der Waals surface area (Å²) in [7, 11) is 0. The van der Waals surface area contributed by atoms with E-state index >= 15 is 0 Å². The summed E-state index contributed by atoms with van der Waals surface area (Å²) in [5.74, 6) is 0.644. The first kappa shape index (κ1) is 19.3. The third-order valence-corrected chi connectivity index (χ3v) is 5.30. The van der Waals surface area contributed by atoms with Gasteiger partial charge in [0.15, 0.2) is 0 Å². The monoisotopic (exact) mass is 406 g/mol. The van der Waals surface area contributed by atoms with Crippen molar-refractivity contribution in [3.05, 3.63) is 76.2 Å². The molecule has 0 atom stereocenters. The molecule has 0 saturated carbocycles. The maximum Gasteiger partial charge on any atom is 0.259 e. The van der Waals surface area contributed by atoms with Gasteiger partial charge in [-0.05, 0) is 36.2 Å². The van der Waals surface area contributed by atoms with Gasteiger partial charge in [-0.1, -0.05) is 55.6 Å². The van der Waals surface area contributed by atoms with Crippen LogP contribution in [-0.4, -0.2) is 14.0 Å². The molecule has 0 bridgehead atoms. The zero-order valence-corrected chi connectivity index (χ0v) is 17.1. The summed E-state index contributed by atoms with van der Waals surface area (Å²) in [4.78, 5) is 17.7. The largest absolute Gasteiger partial charge is 0.399 e. The first-order valence-electron chi connectivity index (χ1n) is 9.81. The quantitative estimate of drug-likeness (QED) is 0.351. The van der Waals surface area contributed by atoms with Crippen molar-refractivity contribution < 1.29 is 0 Å². The third kappa shape index (κ3) is 3.91. The summed E-state index contributed by atoms with van der Waals surface area (Å²) in [6.45, 7) is 2.96. The van der Waals surface area contributed by atoms with E-state index in [1.165, 1.54) is 0 Å². The Balaban J connectivity index is 1.90. The number of halogens is 1. The predicted molar refractivity (Wildman–Crippen MR) is 119 cm³/mol. The number of anilines is 1. The fraction of sp³-hybridized carbons (Fsp3) is 0.217. The third-order valence-electron chi connectivity index (χ3n) is 5.05. The lowest BCUT2D eigenvalue weighted by molar-refractivity contribution is 0.606. The molecule has 2 N–H and O–H groups in total. The molecule has 0 unspecified atom stereocenters. The van der Waals surface area contributed by atoms with Gasteiger partial charge in [0, 0.05) is 35.1 Å². The standard InChI is InChI=1S/C23H23ClN4O/c1-2-3-4-13-27-21(17-7-11-19(25)12-8-17)14-22(29)28-15-20(26-23(27)28)16-5-9-18(24)10-6-16/h5-12,14-15H,2-4,13,25H2,1H3. The number of nitrogen functional groups attached to an aromatic ring is 1. The van der Waals surface area contributed by atoms with Crippen LogP contribution < -0.4 is 11.3 Å². The van der Waals surface area contributed by atoms with Gasteiger partial charge in [0.05, 0.1) is 11.4 Å². The van der Waals surface area contributed by atoms with E-state index in [1.54, 1.807) is 16.7 Å². The lowest BCUT2D eigenvalue weighted by Crippen LogP contribution is -2.18. The second kappa shape index (κ2) is 8.13. The van der Waals surface area contributed by atoms with Crippen LogP contribution in [0.5, 0.6) is 0 Å². The normalized spacial score (nSPS) is 11.2. The average molecular weight is 407 g/mol. The van der Waals surface area contributed by atoms with Gasteiger partial charge >= 0.3 is 0 Å². The number of benzene rings is 2. The minimum atomic E-state index is -0.105. The zero-order valence-electron chi connectivity index (χ0n) is 16.3. The number of hydrogen-bond donors (Lipinski definition) is 1. The Morgan fingerprint density at radius 3 is 2.38 bits per heavy atom. The molecule has 0 fully saturated rings. The molecule has 0 spiro atoms. The van der Waals surface area contributed by atoms with E-state index in [0.29, 0.717) is 16.5 Å². The molecule has 0 aliphatic carbocycles. The molecular weight excluding hydrogens is 384 g/mol. The second-order valence-electron chi connectivity index (χ2n) is 7.15. The Labute approximate surface area is 174 Å². The number of unbranched alkanes of at least 4 members (excludes halogenated alkanes) is 2. The van der Waals surface area contributed by atoms with E-state index in [-0.39, 0.29) is 5.56 Å². The van der Waals surface area contributed by atoms with Gasteiger partial charge < -0.3 is 10.3 Å². The summed E-state index contributed by atoms with van der Waals surface area (Å²) < 4.78 is 3.75. The van der Waals surface area contributed by atoms with Gasteiger partial charge in [0.1, 0.15) is 0 Å². The van der Waals surface area contributed by atoms with Crippen LogP contribution >= 0.6 is 11.6 Å². The molecule has 4 rings (SSSR count). The number of hydrogen-bond acceptors (Lipinski definition) is 3. The van der Waals surface area contributed by atoms with Gasteiger partial charge in [0.25, 0.3) is 5.56 Å².